The Morgan fingerprint density at radius 2 is 0.851 bits per heavy atom. The maximum absolute atomic E-state index is 3.51. The van der Waals surface area contributed by atoms with Gasteiger partial charge in [0.05, 0.1) is 0 Å². The molecule has 0 radical (unpaired) electrons. The molecule has 0 spiro atoms. The third kappa shape index (κ3) is 8.77. The van der Waals surface area contributed by atoms with Gasteiger partial charge in [0.2, 0.25) is 0 Å². The van der Waals surface area contributed by atoms with Gasteiger partial charge in [0.1, 0.15) is 0 Å². The van der Waals surface area contributed by atoms with Gasteiger partial charge >= 0.3 is 0 Å². The smallest absolute Gasteiger partial charge is 0.0208 e. The molecule has 0 amide bonds. The molecule has 0 saturated carbocycles. The van der Waals surface area contributed by atoms with Crippen molar-refractivity contribution in [2.45, 2.75) is 6.42 Å². The maximum atomic E-state index is 3.51. The normalized spacial score (nSPS) is 11.0. The Morgan fingerprint density at radius 1 is 0.404 bits per heavy atom. The molecular weight excluding hydrogens is 834 g/mol. The summed E-state index contributed by atoms with van der Waals surface area (Å²) in [5.74, 6) is 0. The number of benzene rings is 7. The molecule has 0 nitrogen and oxygen atoms in total. The van der Waals surface area contributed by atoms with Gasteiger partial charge in [-0.25, -0.2) is 0 Å². The molecule has 0 N–H and O–H groups in total. The van der Waals surface area contributed by atoms with E-state index >= 15 is 0 Å². The lowest BCUT2D eigenvalue weighted by Crippen LogP contribution is -2.20. The highest BCUT2D eigenvalue weighted by Crippen LogP contribution is 2.37. The first-order valence-electron chi connectivity index (χ1n) is 15.4. The molecule has 0 aliphatic heterocycles. The van der Waals surface area contributed by atoms with Crippen LogP contribution in [-0.4, -0.2) is 0 Å². The Hall–Kier alpha value is -3.34. The third-order valence-electron chi connectivity index (χ3n) is 7.83. The summed E-state index contributed by atoms with van der Waals surface area (Å²) in [7, 11) is -0.446. The summed E-state index contributed by atoms with van der Waals surface area (Å²) in [6, 6.07) is 64.3. The van der Waals surface area contributed by atoms with Gasteiger partial charge in [-0.1, -0.05) is 184 Å². The fraction of sp³-hybridized carbons (Fsp3) is 0.0233. The Morgan fingerprint density at radius 3 is 1.40 bits per heavy atom. The van der Waals surface area contributed by atoms with Gasteiger partial charge in [0.25, 0.3) is 0 Å². The number of hydrogen-bond acceptors (Lipinski definition) is 0. The third-order valence-corrected chi connectivity index (χ3v) is 12.2. The topological polar surface area (TPSA) is 0 Å². The van der Waals surface area contributed by atoms with Crippen LogP contribution in [0, 0.1) is 3.57 Å². The average molecular weight is 866 g/mol. The summed E-state index contributed by atoms with van der Waals surface area (Å²) >= 11 is 9.31. The maximum Gasteiger partial charge on any atom is 0.0208 e. The molecule has 1 aliphatic rings. The first-order chi connectivity index (χ1) is 23.1. The largest absolute Gasteiger partial charge is 0.0622 e. The van der Waals surface area contributed by atoms with Crippen LogP contribution < -0.4 is 15.9 Å². The van der Waals surface area contributed by atoms with Crippen molar-refractivity contribution in [1.29, 1.82) is 0 Å². The van der Waals surface area contributed by atoms with Crippen molar-refractivity contribution in [1.82, 2.24) is 0 Å². The van der Waals surface area contributed by atoms with E-state index in [-0.39, 0.29) is 0 Å². The lowest BCUT2D eigenvalue weighted by molar-refractivity contribution is 1.26. The van der Waals surface area contributed by atoms with Crippen LogP contribution >= 0.6 is 62.4 Å². The molecule has 0 aromatic heterocycles. The van der Waals surface area contributed by atoms with Crippen molar-refractivity contribution in [2.24, 2.45) is 0 Å². The van der Waals surface area contributed by atoms with E-state index in [1.165, 1.54) is 57.3 Å². The summed E-state index contributed by atoms with van der Waals surface area (Å²) in [5, 5.41) is 4.19. The molecule has 4 heteroatoms. The summed E-state index contributed by atoms with van der Waals surface area (Å²) < 4.78 is 3.57. The fourth-order valence-corrected chi connectivity index (χ4v) is 9.29. The van der Waals surface area contributed by atoms with E-state index in [4.69, 9.17) is 0 Å². The first-order valence-corrected chi connectivity index (χ1v) is 19.4. The van der Waals surface area contributed by atoms with Crippen LogP contribution in [0.15, 0.2) is 191 Å². The zero-order chi connectivity index (χ0) is 32.4. The minimum Gasteiger partial charge on any atom is -0.0622 e. The van der Waals surface area contributed by atoms with Crippen LogP contribution in [0.4, 0.5) is 0 Å². The minimum atomic E-state index is -0.446. The van der Waals surface area contributed by atoms with Gasteiger partial charge in [-0.2, -0.15) is 0 Å². The molecule has 47 heavy (non-hydrogen) atoms. The Kier molecular flexibility index (Phi) is 11.9. The molecule has 7 aromatic carbocycles. The summed E-state index contributed by atoms with van der Waals surface area (Å²) in [6.07, 6.45) is 1.07. The second-order valence-electron chi connectivity index (χ2n) is 11.0. The lowest BCUT2D eigenvalue weighted by atomic mass is 10.1. The van der Waals surface area contributed by atoms with Gasteiger partial charge < -0.3 is 0 Å². The zero-order valence-electron chi connectivity index (χ0n) is 25.6. The summed E-state index contributed by atoms with van der Waals surface area (Å²) in [5.41, 5.74) is 8.22. The van der Waals surface area contributed by atoms with Crippen molar-refractivity contribution >= 4 is 78.3 Å². The van der Waals surface area contributed by atoms with E-state index in [0.29, 0.717) is 0 Å². The SMILES string of the molecule is Brc1ccc(-c2ccccc2I)cc1.Brc1ccc2c(c1)Cc1ccccc1-2.c1ccc(P(c2ccccc2)c2ccccc2)cc1. The number of halogens is 3. The molecule has 7 aromatic rings. The van der Waals surface area contributed by atoms with Crippen LogP contribution in [0.1, 0.15) is 11.1 Å². The predicted molar refractivity (Wildman–Crippen MR) is 220 cm³/mol. The van der Waals surface area contributed by atoms with Crippen molar-refractivity contribution in [2.75, 3.05) is 0 Å². The molecule has 0 saturated heterocycles. The van der Waals surface area contributed by atoms with Crippen LogP contribution in [0.25, 0.3) is 22.3 Å². The van der Waals surface area contributed by atoms with Crippen LogP contribution in [0.2, 0.25) is 0 Å². The Bertz CT molecular complexity index is 1930. The van der Waals surface area contributed by atoms with Crippen LogP contribution in [-0.2, 0) is 6.42 Å². The first kappa shape index (κ1) is 33.6. The van der Waals surface area contributed by atoms with Crippen LogP contribution in [0.5, 0.6) is 0 Å². The molecule has 0 atom stereocenters. The quantitative estimate of drug-likeness (QED) is 0.122. The molecule has 1 aliphatic carbocycles. The lowest BCUT2D eigenvalue weighted by Gasteiger charge is -2.18. The number of rotatable bonds is 4. The van der Waals surface area contributed by atoms with Crippen molar-refractivity contribution in [3.8, 4) is 22.3 Å². The zero-order valence-corrected chi connectivity index (χ0v) is 31.8. The monoisotopic (exact) mass is 864 g/mol. The van der Waals surface area contributed by atoms with Gasteiger partial charge in [0, 0.05) is 12.5 Å². The molecule has 8 rings (SSSR count). The molecular formula is C43H32Br2IP. The number of fused-ring (bicyclic) bond motifs is 3. The molecule has 0 bridgehead atoms. The molecule has 0 fully saturated rings. The highest BCUT2D eigenvalue weighted by molar-refractivity contribution is 14.1. The standard InChI is InChI=1S/C18H15P.C13H9Br.C12H8BrI/c1-4-10-16(11-5-1)19(17-12-6-2-7-13-17)18-14-8-3-9-15-18;14-11-5-6-13-10(8-11)7-9-3-1-2-4-12(9)13;13-10-7-5-9(6-8-10)11-3-1-2-4-12(11)14/h1-15H;1-6,8H,7H2;1-8H. The van der Waals surface area contributed by atoms with E-state index in [2.05, 4.69) is 236 Å². The van der Waals surface area contributed by atoms with E-state index in [0.717, 1.165) is 10.9 Å². The molecule has 0 heterocycles. The molecule has 230 valence electrons. The van der Waals surface area contributed by atoms with E-state index in [9.17, 15) is 0 Å². The highest BCUT2D eigenvalue weighted by atomic mass is 127. The van der Waals surface area contributed by atoms with Crippen molar-refractivity contribution in [3.05, 3.63) is 206 Å². The second-order valence-corrected chi connectivity index (χ2v) is 16.2. The highest BCUT2D eigenvalue weighted by Gasteiger charge is 2.17. The predicted octanol–water partition coefficient (Wildman–Crippen LogP) is 12.2. The number of hydrogen-bond donors (Lipinski definition) is 0. The van der Waals surface area contributed by atoms with Gasteiger partial charge in [-0.05, 0) is 117 Å². The van der Waals surface area contributed by atoms with E-state index in [1.54, 1.807) is 0 Å². The second kappa shape index (κ2) is 16.7. The molecule has 0 unspecified atom stereocenters. The van der Waals surface area contributed by atoms with Crippen molar-refractivity contribution < 1.29 is 0 Å². The average Bonchev–Trinajstić information content (AvgIpc) is 3.49. The van der Waals surface area contributed by atoms with E-state index < -0.39 is 7.92 Å². The van der Waals surface area contributed by atoms with Crippen LogP contribution in [0.3, 0.4) is 0 Å². The van der Waals surface area contributed by atoms with Gasteiger partial charge in [0.15, 0.2) is 0 Å². The fourth-order valence-electron chi connectivity index (χ4n) is 5.62. The minimum absolute atomic E-state index is 0.446. The summed E-state index contributed by atoms with van der Waals surface area (Å²) in [6.45, 7) is 0. The van der Waals surface area contributed by atoms with Gasteiger partial charge in [-0.15, -0.1) is 0 Å². The van der Waals surface area contributed by atoms with Crippen molar-refractivity contribution in [3.63, 3.8) is 0 Å². The Labute approximate surface area is 310 Å². The van der Waals surface area contributed by atoms with E-state index in [1.807, 2.05) is 0 Å². The van der Waals surface area contributed by atoms with Gasteiger partial charge in [-0.3, -0.25) is 0 Å². The Balaban J connectivity index is 0.000000125. The summed E-state index contributed by atoms with van der Waals surface area (Å²) in [4.78, 5) is 0.